The predicted octanol–water partition coefficient (Wildman–Crippen LogP) is 5.74. The number of halogens is 1. The van der Waals surface area contributed by atoms with E-state index in [0.717, 1.165) is 43.2 Å². The van der Waals surface area contributed by atoms with E-state index in [-0.39, 0.29) is 17.0 Å². The number of aryl methyl sites for hydroxylation is 1. The topological polar surface area (TPSA) is 46.5 Å². The molecule has 1 N–H and O–H groups in total. The molecule has 2 aliphatic carbocycles. The fourth-order valence-electron chi connectivity index (χ4n) is 4.33. The summed E-state index contributed by atoms with van der Waals surface area (Å²) in [5.41, 5.74) is 1.79. The number of carbonyl (C=O) groups is 1. The van der Waals surface area contributed by atoms with E-state index >= 15 is 0 Å². The number of allylic oxidation sites excluding steroid dienone is 2. The fourth-order valence-corrected chi connectivity index (χ4v) is 4.56. The summed E-state index contributed by atoms with van der Waals surface area (Å²) < 4.78 is 5.78. The zero-order valence-corrected chi connectivity index (χ0v) is 16.1. The second-order valence-electron chi connectivity index (χ2n) is 7.51. The predicted molar refractivity (Wildman–Crippen MR) is 101 cm³/mol. The SMILES string of the molecule is CCOc1cc(Cl)cc(CC)c1C1=C(O)C2(CCC(C)CC2)CC1=O. The lowest BCUT2D eigenvalue weighted by Gasteiger charge is -2.35. The summed E-state index contributed by atoms with van der Waals surface area (Å²) in [7, 11) is 0. The first-order valence-corrected chi connectivity index (χ1v) is 9.72. The van der Waals surface area contributed by atoms with Gasteiger partial charge in [-0.05, 0) is 62.6 Å². The van der Waals surface area contributed by atoms with Crippen molar-refractivity contribution in [2.75, 3.05) is 6.61 Å². The minimum Gasteiger partial charge on any atom is -0.511 e. The van der Waals surface area contributed by atoms with E-state index < -0.39 is 0 Å². The Hall–Kier alpha value is -1.48. The number of Topliss-reactive ketones (excluding diaryl/α,β-unsaturated/α-hetero) is 1. The van der Waals surface area contributed by atoms with Crippen molar-refractivity contribution in [3.8, 4) is 5.75 Å². The summed E-state index contributed by atoms with van der Waals surface area (Å²) in [6, 6.07) is 3.63. The van der Waals surface area contributed by atoms with E-state index in [9.17, 15) is 9.90 Å². The van der Waals surface area contributed by atoms with E-state index in [4.69, 9.17) is 16.3 Å². The molecule has 136 valence electrons. The molecule has 1 saturated carbocycles. The number of ether oxygens (including phenoxy) is 1. The van der Waals surface area contributed by atoms with Gasteiger partial charge < -0.3 is 9.84 Å². The molecular formula is C21H27ClO3. The molecule has 0 aromatic heterocycles. The number of ketones is 1. The van der Waals surface area contributed by atoms with Gasteiger partial charge in [0.05, 0.1) is 12.2 Å². The van der Waals surface area contributed by atoms with Gasteiger partial charge in [-0.25, -0.2) is 0 Å². The number of aliphatic hydroxyl groups is 1. The molecule has 1 aromatic rings. The van der Waals surface area contributed by atoms with Crippen molar-refractivity contribution >= 4 is 23.0 Å². The average Bonchev–Trinajstić information content (AvgIpc) is 2.81. The van der Waals surface area contributed by atoms with E-state index in [0.29, 0.717) is 35.3 Å². The molecule has 0 heterocycles. The van der Waals surface area contributed by atoms with Gasteiger partial charge in [0.1, 0.15) is 11.5 Å². The van der Waals surface area contributed by atoms with Crippen molar-refractivity contribution in [2.24, 2.45) is 11.3 Å². The first-order chi connectivity index (χ1) is 11.9. The highest BCUT2D eigenvalue weighted by Gasteiger charge is 2.48. The Morgan fingerprint density at radius 3 is 2.56 bits per heavy atom. The molecule has 0 bridgehead atoms. The third-order valence-corrected chi connectivity index (χ3v) is 6.05. The van der Waals surface area contributed by atoms with Gasteiger partial charge >= 0.3 is 0 Å². The Labute approximate surface area is 155 Å². The molecule has 3 nitrogen and oxygen atoms in total. The normalized spacial score (nSPS) is 26.6. The molecule has 25 heavy (non-hydrogen) atoms. The van der Waals surface area contributed by atoms with Crippen LogP contribution in [0.5, 0.6) is 5.75 Å². The Morgan fingerprint density at radius 2 is 1.96 bits per heavy atom. The zero-order chi connectivity index (χ0) is 18.2. The highest BCUT2D eigenvalue weighted by Crippen LogP contribution is 2.54. The first kappa shape index (κ1) is 18.3. The number of carbonyl (C=O) groups excluding carboxylic acids is 1. The van der Waals surface area contributed by atoms with Crippen LogP contribution < -0.4 is 4.74 Å². The highest BCUT2D eigenvalue weighted by molar-refractivity contribution is 6.31. The summed E-state index contributed by atoms with van der Waals surface area (Å²) >= 11 is 6.23. The molecule has 0 atom stereocenters. The third kappa shape index (κ3) is 3.19. The van der Waals surface area contributed by atoms with Crippen molar-refractivity contribution in [3.63, 3.8) is 0 Å². The van der Waals surface area contributed by atoms with Crippen LogP contribution in [-0.2, 0) is 11.2 Å². The maximum atomic E-state index is 12.9. The van der Waals surface area contributed by atoms with Crippen molar-refractivity contribution in [1.29, 1.82) is 0 Å². The number of hydrogen-bond acceptors (Lipinski definition) is 3. The number of aliphatic hydroxyl groups excluding tert-OH is 1. The summed E-state index contributed by atoms with van der Waals surface area (Å²) in [6.45, 7) is 6.67. The van der Waals surface area contributed by atoms with Crippen LogP contribution in [-0.4, -0.2) is 17.5 Å². The maximum absolute atomic E-state index is 12.9. The lowest BCUT2D eigenvalue weighted by atomic mass is 9.69. The van der Waals surface area contributed by atoms with Crippen LogP contribution in [0.25, 0.3) is 5.57 Å². The largest absolute Gasteiger partial charge is 0.511 e. The Kier molecular flexibility index (Phi) is 5.15. The van der Waals surface area contributed by atoms with Crippen molar-refractivity contribution in [1.82, 2.24) is 0 Å². The van der Waals surface area contributed by atoms with Crippen molar-refractivity contribution in [2.45, 2.75) is 59.3 Å². The second kappa shape index (κ2) is 7.03. The maximum Gasteiger partial charge on any atom is 0.168 e. The lowest BCUT2D eigenvalue weighted by Crippen LogP contribution is -2.27. The molecule has 0 radical (unpaired) electrons. The molecule has 0 amide bonds. The van der Waals surface area contributed by atoms with Crippen LogP contribution >= 0.6 is 11.6 Å². The van der Waals surface area contributed by atoms with Gasteiger partial charge in [-0.2, -0.15) is 0 Å². The minimum atomic E-state index is -0.368. The lowest BCUT2D eigenvalue weighted by molar-refractivity contribution is -0.115. The van der Waals surface area contributed by atoms with Gasteiger partial charge in [0.15, 0.2) is 5.78 Å². The van der Waals surface area contributed by atoms with Gasteiger partial charge in [-0.1, -0.05) is 25.4 Å². The Morgan fingerprint density at radius 1 is 1.28 bits per heavy atom. The Balaban J connectivity index is 2.14. The van der Waals surface area contributed by atoms with Crippen LogP contribution in [0.15, 0.2) is 17.9 Å². The second-order valence-corrected chi connectivity index (χ2v) is 7.95. The van der Waals surface area contributed by atoms with Gasteiger partial charge in [-0.3, -0.25) is 4.79 Å². The van der Waals surface area contributed by atoms with Crippen LogP contribution in [0.2, 0.25) is 5.02 Å². The molecule has 1 fully saturated rings. The Bertz CT molecular complexity index is 712. The van der Waals surface area contributed by atoms with Crippen LogP contribution in [0.1, 0.15) is 64.0 Å². The molecule has 0 aliphatic heterocycles. The van der Waals surface area contributed by atoms with Gasteiger partial charge in [0.25, 0.3) is 0 Å². The molecule has 2 aliphatic rings. The van der Waals surface area contributed by atoms with E-state index in [1.165, 1.54) is 0 Å². The van der Waals surface area contributed by atoms with Crippen LogP contribution in [0.3, 0.4) is 0 Å². The molecule has 0 unspecified atom stereocenters. The quantitative estimate of drug-likeness (QED) is 0.742. The summed E-state index contributed by atoms with van der Waals surface area (Å²) in [6.07, 6.45) is 5.03. The first-order valence-electron chi connectivity index (χ1n) is 9.34. The number of rotatable bonds is 4. The van der Waals surface area contributed by atoms with Gasteiger partial charge in [-0.15, -0.1) is 0 Å². The average molecular weight is 363 g/mol. The monoisotopic (exact) mass is 362 g/mol. The molecule has 3 rings (SSSR count). The summed E-state index contributed by atoms with van der Waals surface area (Å²) in [4.78, 5) is 12.9. The van der Waals surface area contributed by atoms with E-state index in [1.54, 1.807) is 6.07 Å². The van der Waals surface area contributed by atoms with Crippen LogP contribution in [0, 0.1) is 11.3 Å². The van der Waals surface area contributed by atoms with Crippen molar-refractivity contribution < 1.29 is 14.6 Å². The number of benzene rings is 1. The molecular weight excluding hydrogens is 336 g/mol. The van der Waals surface area contributed by atoms with E-state index in [2.05, 4.69) is 6.92 Å². The van der Waals surface area contributed by atoms with Crippen molar-refractivity contribution in [3.05, 3.63) is 34.0 Å². The highest BCUT2D eigenvalue weighted by atomic mass is 35.5. The molecule has 1 spiro atoms. The van der Waals surface area contributed by atoms with Gasteiger partial charge in [0, 0.05) is 22.4 Å². The minimum absolute atomic E-state index is 0.0324. The summed E-state index contributed by atoms with van der Waals surface area (Å²) in [5, 5.41) is 11.7. The molecule has 1 aromatic carbocycles. The third-order valence-electron chi connectivity index (χ3n) is 5.83. The van der Waals surface area contributed by atoms with E-state index in [1.807, 2.05) is 19.9 Å². The number of hydrogen-bond donors (Lipinski definition) is 1. The van der Waals surface area contributed by atoms with Gasteiger partial charge in [0.2, 0.25) is 0 Å². The zero-order valence-electron chi connectivity index (χ0n) is 15.3. The molecule has 4 heteroatoms. The fraction of sp³-hybridized carbons (Fsp3) is 0.571. The summed E-state index contributed by atoms with van der Waals surface area (Å²) in [5.74, 6) is 1.58. The smallest absolute Gasteiger partial charge is 0.168 e. The molecule has 0 saturated heterocycles. The van der Waals surface area contributed by atoms with Crippen LogP contribution in [0.4, 0.5) is 0 Å². The standard InChI is InChI=1S/C21H27ClO3/c1-4-14-10-15(22)11-17(25-5-2)18(14)19-16(23)12-21(20(19)24)8-6-13(3)7-9-21/h10-11,13,24H,4-9,12H2,1-3H3.